The van der Waals surface area contributed by atoms with Crippen molar-refractivity contribution >= 4 is 5.91 Å². The molecule has 0 bridgehead atoms. The summed E-state index contributed by atoms with van der Waals surface area (Å²) in [5.74, 6) is 0.00216. The zero-order valence-electron chi connectivity index (χ0n) is 13.9. The molecule has 1 aromatic carbocycles. The lowest BCUT2D eigenvalue weighted by atomic mass is 10.1. The van der Waals surface area contributed by atoms with Crippen LogP contribution in [-0.2, 0) is 6.54 Å². The van der Waals surface area contributed by atoms with Gasteiger partial charge in [-0.15, -0.1) is 0 Å². The second kappa shape index (κ2) is 8.27. The quantitative estimate of drug-likeness (QED) is 0.815. The fourth-order valence-corrected chi connectivity index (χ4v) is 2.53. The van der Waals surface area contributed by atoms with Crippen LogP contribution in [0.25, 0.3) is 0 Å². The van der Waals surface area contributed by atoms with Crippen molar-refractivity contribution in [1.82, 2.24) is 20.4 Å². The third kappa shape index (κ3) is 5.09. The maximum Gasteiger partial charge on any atom is 0.251 e. The Kier molecular flexibility index (Phi) is 6.36. The third-order valence-corrected chi connectivity index (χ3v) is 4.25. The van der Waals surface area contributed by atoms with Crippen LogP contribution in [0.15, 0.2) is 24.3 Å². The topological polar surface area (TPSA) is 47.6 Å². The molecule has 2 N–H and O–H groups in total. The van der Waals surface area contributed by atoms with E-state index < -0.39 is 0 Å². The SMILES string of the molecule is CNC(C)CNC(=O)c1cccc(CN2CCN(C)CC2)c1. The Bertz CT molecular complexity index is 483. The minimum absolute atomic E-state index is 0.00216. The molecule has 1 aromatic rings. The van der Waals surface area contributed by atoms with E-state index in [1.54, 1.807) is 0 Å². The van der Waals surface area contributed by atoms with Crippen LogP contribution in [0.4, 0.5) is 0 Å². The summed E-state index contributed by atoms with van der Waals surface area (Å²) in [7, 11) is 4.06. The van der Waals surface area contributed by atoms with Crippen LogP contribution in [0.3, 0.4) is 0 Å². The average Bonchev–Trinajstić information content (AvgIpc) is 2.54. The summed E-state index contributed by atoms with van der Waals surface area (Å²) in [5.41, 5.74) is 1.95. The van der Waals surface area contributed by atoms with Crippen molar-refractivity contribution < 1.29 is 4.79 Å². The third-order valence-electron chi connectivity index (χ3n) is 4.25. The predicted molar refractivity (Wildman–Crippen MR) is 90.1 cm³/mol. The van der Waals surface area contributed by atoms with Crippen LogP contribution in [0.5, 0.6) is 0 Å². The Morgan fingerprint density at radius 2 is 2.00 bits per heavy atom. The molecule has 1 atom stereocenters. The van der Waals surface area contributed by atoms with Crippen LogP contribution < -0.4 is 10.6 Å². The first-order valence-electron chi connectivity index (χ1n) is 8.04. The van der Waals surface area contributed by atoms with E-state index in [0.717, 1.165) is 38.3 Å². The van der Waals surface area contributed by atoms with Crippen molar-refractivity contribution in [3.63, 3.8) is 0 Å². The van der Waals surface area contributed by atoms with Crippen molar-refractivity contribution in [2.24, 2.45) is 0 Å². The summed E-state index contributed by atoms with van der Waals surface area (Å²) >= 11 is 0. The van der Waals surface area contributed by atoms with Gasteiger partial charge in [0.05, 0.1) is 0 Å². The molecule has 122 valence electrons. The molecule has 2 rings (SSSR count). The summed E-state index contributed by atoms with van der Waals surface area (Å²) in [6.45, 7) is 8.01. The lowest BCUT2D eigenvalue weighted by Gasteiger charge is -2.32. The first-order chi connectivity index (χ1) is 10.6. The number of nitrogens with one attached hydrogen (secondary N) is 2. The Morgan fingerprint density at radius 1 is 1.27 bits per heavy atom. The number of carbonyl (C=O) groups is 1. The number of hydrogen-bond acceptors (Lipinski definition) is 4. The van der Waals surface area contributed by atoms with Crippen molar-refractivity contribution in [3.8, 4) is 0 Å². The monoisotopic (exact) mass is 304 g/mol. The molecule has 0 saturated carbocycles. The highest BCUT2D eigenvalue weighted by Gasteiger charge is 2.14. The van der Waals surface area contributed by atoms with Gasteiger partial charge in [0, 0.05) is 50.9 Å². The molecular formula is C17H28N4O. The predicted octanol–water partition coefficient (Wildman–Crippen LogP) is 0.772. The minimum Gasteiger partial charge on any atom is -0.350 e. The maximum atomic E-state index is 12.2. The molecule has 1 amide bonds. The molecule has 0 aliphatic carbocycles. The van der Waals surface area contributed by atoms with Crippen LogP contribution in [0.1, 0.15) is 22.8 Å². The van der Waals surface area contributed by atoms with Gasteiger partial charge < -0.3 is 15.5 Å². The van der Waals surface area contributed by atoms with Crippen LogP contribution in [0.2, 0.25) is 0 Å². The van der Waals surface area contributed by atoms with Crippen LogP contribution in [0, 0.1) is 0 Å². The van der Waals surface area contributed by atoms with Crippen LogP contribution >= 0.6 is 0 Å². The fraction of sp³-hybridized carbons (Fsp3) is 0.588. The van der Waals surface area contributed by atoms with E-state index >= 15 is 0 Å². The lowest BCUT2D eigenvalue weighted by molar-refractivity contribution is 0.0950. The van der Waals surface area contributed by atoms with E-state index in [4.69, 9.17) is 0 Å². The zero-order valence-corrected chi connectivity index (χ0v) is 13.9. The van der Waals surface area contributed by atoms with E-state index in [2.05, 4.69) is 33.5 Å². The lowest BCUT2D eigenvalue weighted by Crippen LogP contribution is -2.43. The van der Waals surface area contributed by atoms with E-state index in [9.17, 15) is 4.79 Å². The molecule has 5 heteroatoms. The van der Waals surface area contributed by atoms with Gasteiger partial charge in [-0.3, -0.25) is 9.69 Å². The van der Waals surface area contributed by atoms with E-state index in [-0.39, 0.29) is 11.9 Å². The number of hydrogen-bond donors (Lipinski definition) is 2. The summed E-state index contributed by atoms with van der Waals surface area (Å²) in [6, 6.07) is 8.25. The van der Waals surface area contributed by atoms with Gasteiger partial charge >= 0.3 is 0 Å². The van der Waals surface area contributed by atoms with Gasteiger partial charge in [-0.05, 0) is 38.7 Å². The van der Waals surface area contributed by atoms with Gasteiger partial charge in [0.25, 0.3) is 5.91 Å². The molecule has 1 fully saturated rings. The zero-order chi connectivity index (χ0) is 15.9. The van der Waals surface area contributed by atoms with E-state index in [0.29, 0.717) is 6.54 Å². The first kappa shape index (κ1) is 16.9. The Morgan fingerprint density at radius 3 is 2.68 bits per heavy atom. The van der Waals surface area contributed by atoms with Crippen molar-refractivity contribution in [3.05, 3.63) is 35.4 Å². The number of amides is 1. The summed E-state index contributed by atoms with van der Waals surface area (Å²) in [4.78, 5) is 17.0. The molecule has 1 heterocycles. The molecule has 22 heavy (non-hydrogen) atoms. The van der Waals surface area contributed by atoms with Gasteiger partial charge in [0.1, 0.15) is 0 Å². The van der Waals surface area contributed by atoms with Gasteiger partial charge in [-0.25, -0.2) is 0 Å². The Hall–Kier alpha value is -1.43. The highest BCUT2D eigenvalue weighted by molar-refractivity contribution is 5.94. The molecule has 0 radical (unpaired) electrons. The minimum atomic E-state index is 0.00216. The highest BCUT2D eigenvalue weighted by atomic mass is 16.1. The molecule has 1 aliphatic heterocycles. The van der Waals surface area contributed by atoms with Crippen molar-refractivity contribution in [2.75, 3.05) is 46.8 Å². The summed E-state index contributed by atoms with van der Waals surface area (Å²) < 4.78 is 0. The molecule has 0 spiro atoms. The fourth-order valence-electron chi connectivity index (χ4n) is 2.53. The molecular weight excluding hydrogens is 276 g/mol. The van der Waals surface area contributed by atoms with E-state index in [1.165, 1.54) is 5.56 Å². The Labute approximate surface area is 133 Å². The maximum absolute atomic E-state index is 12.2. The number of likely N-dealkylation sites (N-methyl/N-ethyl adjacent to an activating group) is 2. The number of carbonyl (C=O) groups excluding carboxylic acids is 1. The number of rotatable bonds is 6. The van der Waals surface area contributed by atoms with Gasteiger partial charge in [0.2, 0.25) is 0 Å². The average molecular weight is 304 g/mol. The summed E-state index contributed by atoms with van der Waals surface area (Å²) in [5, 5.41) is 6.08. The smallest absolute Gasteiger partial charge is 0.251 e. The molecule has 1 saturated heterocycles. The highest BCUT2D eigenvalue weighted by Crippen LogP contribution is 2.10. The standard InChI is InChI=1S/C17H28N4O/c1-14(18-2)12-19-17(22)16-6-4-5-15(11-16)13-21-9-7-20(3)8-10-21/h4-6,11,14,18H,7-10,12-13H2,1-3H3,(H,19,22). The molecule has 1 aliphatic rings. The van der Waals surface area contributed by atoms with E-state index in [1.807, 2.05) is 32.2 Å². The number of piperazine rings is 1. The Balaban J connectivity index is 1.90. The largest absolute Gasteiger partial charge is 0.350 e. The molecule has 0 aromatic heterocycles. The molecule has 5 nitrogen and oxygen atoms in total. The normalized spacial score (nSPS) is 18.1. The summed E-state index contributed by atoms with van der Waals surface area (Å²) in [6.07, 6.45) is 0. The van der Waals surface area contributed by atoms with Crippen molar-refractivity contribution in [2.45, 2.75) is 19.5 Å². The van der Waals surface area contributed by atoms with Gasteiger partial charge in [-0.1, -0.05) is 12.1 Å². The van der Waals surface area contributed by atoms with Crippen LogP contribution in [-0.4, -0.2) is 68.6 Å². The van der Waals surface area contributed by atoms with Gasteiger partial charge in [-0.2, -0.15) is 0 Å². The first-order valence-corrected chi connectivity index (χ1v) is 8.04. The number of nitrogens with zero attached hydrogens (tertiary/aromatic N) is 2. The molecule has 1 unspecified atom stereocenters. The number of benzene rings is 1. The van der Waals surface area contributed by atoms with Crippen molar-refractivity contribution in [1.29, 1.82) is 0 Å². The van der Waals surface area contributed by atoms with Gasteiger partial charge in [0.15, 0.2) is 0 Å². The second-order valence-electron chi connectivity index (χ2n) is 6.18. The second-order valence-corrected chi connectivity index (χ2v) is 6.18.